The van der Waals surface area contributed by atoms with Crippen molar-refractivity contribution in [2.75, 3.05) is 6.61 Å². The van der Waals surface area contributed by atoms with Gasteiger partial charge in [-0.2, -0.15) is 0 Å². The first-order valence-electron chi connectivity index (χ1n) is 2.93. The van der Waals surface area contributed by atoms with Gasteiger partial charge >= 0.3 is 0 Å². The predicted molar refractivity (Wildman–Crippen MR) is 35.7 cm³/mol. The summed E-state index contributed by atoms with van der Waals surface area (Å²) in [5.41, 5.74) is 0. The third kappa shape index (κ3) is 3.12. The molecule has 0 rings (SSSR count). The Labute approximate surface area is 55.5 Å². The summed E-state index contributed by atoms with van der Waals surface area (Å²) in [6, 6.07) is 0. The highest BCUT2D eigenvalue weighted by Gasteiger charge is 2.08. The van der Waals surface area contributed by atoms with Crippen LogP contribution in [-0.4, -0.2) is 22.9 Å². The molecule has 0 aliphatic heterocycles. The average Bonchev–Trinajstić information content (AvgIpc) is 1.87. The molecular weight excluding hydrogens is 116 g/mol. The lowest BCUT2D eigenvalue weighted by Crippen LogP contribution is -2.18. The Kier molecular flexibility index (Phi) is 4.12. The van der Waals surface area contributed by atoms with Gasteiger partial charge in [0.1, 0.15) is 6.10 Å². The number of hydrogen-bond acceptors (Lipinski definition) is 2. The summed E-state index contributed by atoms with van der Waals surface area (Å²) in [6.07, 6.45) is -0.681. The Morgan fingerprint density at radius 1 is 1.56 bits per heavy atom. The summed E-state index contributed by atoms with van der Waals surface area (Å²) in [6.45, 7) is 3.39. The van der Waals surface area contributed by atoms with Crippen molar-refractivity contribution in [2.24, 2.45) is 5.92 Å². The third-order valence-electron chi connectivity index (χ3n) is 1.12. The predicted octanol–water partition coefficient (Wildman–Crippen LogP) is -0.00100. The Morgan fingerprint density at radius 2 is 2.11 bits per heavy atom. The zero-order valence-corrected chi connectivity index (χ0v) is 5.76. The molecule has 52 valence electrons. The largest absolute Gasteiger partial charge is 0.396 e. The lowest BCUT2D eigenvalue weighted by molar-refractivity contribution is 0.118. The van der Waals surface area contributed by atoms with Crippen LogP contribution in [0.3, 0.4) is 0 Å². The van der Waals surface area contributed by atoms with Crippen molar-refractivity contribution in [1.29, 1.82) is 0 Å². The van der Waals surface area contributed by atoms with E-state index < -0.39 is 6.10 Å². The van der Waals surface area contributed by atoms with Crippen LogP contribution in [0.5, 0.6) is 0 Å². The second kappa shape index (κ2) is 4.37. The Hall–Kier alpha value is -0.520. The highest BCUT2D eigenvalue weighted by molar-refractivity contribution is 5.03. The Morgan fingerprint density at radius 3 is 2.44 bits per heavy atom. The lowest BCUT2D eigenvalue weighted by atomic mass is 10.1. The van der Waals surface area contributed by atoms with Gasteiger partial charge in [0, 0.05) is 12.5 Å². The highest BCUT2D eigenvalue weighted by atomic mass is 16.3. The standard InChI is InChI=1S/C7H12O2/c1-3-4-7(9)6(2)5-8/h6-9H,5H2,1-2H3. The fourth-order valence-electron chi connectivity index (χ4n) is 0.390. The van der Waals surface area contributed by atoms with Gasteiger partial charge in [0.05, 0.1) is 0 Å². The molecule has 0 aromatic rings. The minimum absolute atomic E-state index is 0.0180. The quantitative estimate of drug-likeness (QED) is 0.514. The van der Waals surface area contributed by atoms with Gasteiger partial charge in [0.2, 0.25) is 0 Å². The summed E-state index contributed by atoms with van der Waals surface area (Å²) in [5, 5.41) is 17.5. The summed E-state index contributed by atoms with van der Waals surface area (Å²) in [5.74, 6) is 4.97. The van der Waals surface area contributed by atoms with Crippen molar-refractivity contribution < 1.29 is 10.2 Å². The topological polar surface area (TPSA) is 40.5 Å². The fourth-order valence-corrected chi connectivity index (χ4v) is 0.390. The maximum absolute atomic E-state index is 8.98. The van der Waals surface area contributed by atoms with E-state index in [1.807, 2.05) is 0 Å². The molecule has 0 fully saturated rings. The van der Waals surface area contributed by atoms with Crippen molar-refractivity contribution >= 4 is 0 Å². The van der Waals surface area contributed by atoms with Gasteiger partial charge in [-0.1, -0.05) is 12.8 Å². The van der Waals surface area contributed by atoms with Crippen LogP contribution >= 0.6 is 0 Å². The van der Waals surface area contributed by atoms with Crippen molar-refractivity contribution in [2.45, 2.75) is 20.0 Å². The molecule has 0 radical (unpaired) electrons. The first-order valence-corrected chi connectivity index (χ1v) is 2.93. The van der Waals surface area contributed by atoms with Crippen LogP contribution in [0.4, 0.5) is 0 Å². The smallest absolute Gasteiger partial charge is 0.119 e. The molecule has 0 heterocycles. The molecule has 0 aromatic carbocycles. The first kappa shape index (κ1) is 8.48. The second-order valence-electron chi connectivity index (χ2n) is 2.00. The number of aliphatic hydroxyl groups excluding tert-OH is 2. The maximum Gasteiger partial charge on any atom is 0.119 e. The second-order valence-corrected chi connectivity index (χ2v) is 2.00. The van der Waals surface area contributed by atoms with Crippen molar-refractivity contribution in [1.82, 2.24) is 0 Å². The SMILES string of the molecule is CC#CC(O)C(C)CO. The minimum atomic E-state index is -0.681. The molecule has 2 unspecified atom stereocenters. The number of hydrogen-bond donors (Lipinski definition) is 2. The van der Waals surface area contributed by atoms with E-state index in [1.54, 1.807) is 13.8 Å². The van der Waals surface area contributed by atoms with Crippen LogP contribution in [0.25, 0.3) is 0 Å². The maximum atomic E-state index is 8.98. The molecule has 0 saturated carbocycles. The molecule has 0 spiro atoms. The summed E-state index contributed by atoms with van der Waals surface area (Å²) < 4.78 is 0. The molecule has 2 nitrogen and oxygen atoms in total. The molecular formula is C7H12O2. The minimum Gasteiger partial charge on any atom is -0.396 e. The van der Waals surface area contributed by atoms with E-state index in [0.29, 0.717) is 0 Å². The van der Waals surface area contributed by atoms with Crippen LogP contribution in [0.1, 0.15) is 13.8 Å². The van der Waals surface area contributed by atoms with Crippen LogP contribution in [0, 0.1) is 17.8 Å². The van der Waals surface area contributed by atoms with Crippen LogP contribution in [0.2, 0.25) is 0 Å². The van der Waals surface area contributed by atoms with E-state index in [4.69, 9.17) is 10.2 Å². The lowest BCUT2D eigenvalue weighted by Gasteiger charge is -2.08. The number of aliphatic hydroxyl groups is 2. The molecule has 0 saturated heterocycles. The molecule has 2 heteroatoms. The summed E-state index contributed by atoms with van der Waals surface area (Å²) in [4.78, 5) is 0. The fraction of sp³-hybridized carbons (Fsp3) is 0.714. The van der Waals surface area contributed by atoms with Crippen molar-refractivity contribution in [3.8, 4) is 11.8 Å². The Balaban J connectivity index is 3.67. The van der Waals surface area contributed by atoms with E-state index in [-0.39, 0.29) is 12.5 Å². The molecule has 2 N–H and O–H groups in total. The van der Waals surface area contributed by atoms with Gasteiger partial charge in [0.15, 0.2) is 0 Å². The summed E-state index contributed by atoms with van der Waals surface area (Å²) >= 11 is 0. The normalized spacial score (nSPS) is 15.6. The van der Waals surface area contributed by atoms with E-state index in [2.05, 4.69) is 11.8 Å². The van der Waals surface area contributed by atoms with E-state index in [0.717, 1.165) is 0 Å². The van der Waals surface area contributed by atoms with Gasteiger partial charge in [-0.25, -0.2) is 0 Å². The number of rotatable bonds is 2. The van der Waals surface area contributed by atoms with Gasteiger partial charge in [-0.15, -0.1) is 5.92 Å². The van der Waals surface area contributed by atoms with E-state index >= 15 is 0 Å². The molecule has 2 atom stereocenters. The van der Waals surface area contributed by atoms with E-state index in [9.17, 15) is 0 Å². The molecule has 0 aliphatic carbocycles. The molecule has 0 bridgehead atoms. The summed E-state index contributed by atoms with van der Waals surface area (Å²) in [7, 11) is 0. The molecule has 0 amide bonds. The monoisotopic (exact) mass is 128 g/mol. The molecule has 0 aliphatic rings. The van der Waals surface area contributed by atoms with Gasteiger partial charge < -0.3 is 10.2 Å². The molecule has 9 heavy (non-hydrogen) atoms. The Bertz CT molecular complexity index is 121. The van der Waals surface area contributed by atoms with Gasteiger partial charge in [-0.05, 0) is 6.92 Å². The van der Waals surface area contributed by atoms with Crippen LogP contribution in [-0.2, 0) is 0 Å². The molecule has 0 aromatic heterocycles. The van der Waals surface area contributed by atoms with Gasteiger partial charge in [-0.3, -0.25) is 0 Å². The van der Waals surface area contributed by atoms with Gasteiger partial charge in [0.25, 0.3) is 0 Å². The zero-order chi connectivity index (χ0) is 7.28. The van der Waals surface area contributed by atoms with Crippen LogP contribution < -0.4 is 0 Å². The first-order chi connectivity index (χ1) is 4.22. The third-order valence-corrected chi connectivity index (χ3v) is 1.12. The van der Waals surface area contributed by atoms with Crippen LogP contribution in [0.15, 0.2) is 0 Å². The van der Waals surface area contributed by atoms with Crippen molar-refractivity contribution in [3.05, 3.63) is 0 Å². The van der Waals surface area contributed by atoms with E-state index in [1.165, 1.54) is 0 Å². The average molecular weight is 128 g/mol. The van der Waals surface area contributed by atoms with Crippen molar-refractivity contribution in [3.63, 3.8) is 0 Å². The highest BCUT2D eigenvalue weighted by Crippen LogP contribution is 1.98. The zero-order valence-electron chi connectivity index (χ0n) is 5.76.